The van der Waals surface area contributed by atoms with Crippen LogP contribution in [0.2, 0.25) is 0 Å². The van der Waals surface area contributed by atoms with Crippen molar-refractivity contribution in [2.45, 2.75) is 32.4 Å². The zero-order chi connectivity index (χ0) is 10.6. The van der Waals surface area contributed by atoms with E-state index in [1.807, 2.05) is 0 Å². The van der Waals surface area contributed by atoms with E-state index in [-0.39, 0.29) is 0 Å². The Hall–Kier alpha value is 0.0700. The molecule has 1 saturated heterocycles. The lowest BCUT2D eigenvalue weighted by Gasteiger charge is -2.39. The summed E-state index contributed by atoms with van der Waals surface area (Å²) < 4.78 is 11.2. The summed E-state index contributed by atoms with van der Waals surface area (Å²) in [6.07, 6.45) is 2.97. The molecule has 3 atom stereocenters. The van der Waals surface area contributed by atoms with E-state index in [0.29, 0.717) is 12.1 Å². The van der Waals surface area contributed by atoms with Crippen molar-refractivity contribution in [2.75, 3.05) is 31.6 Å². The predicted octanol–water partition coefficient (Wildman–Crippen LogP) is 0.437. The highest BCUT2D eigenvalue weighted by atomic mass is 32.2. The first-order chi connectivity index (χ1) is 6.65. The molecule has 0 aromatic rings. The Morgan fingerprint density at radius 1 is 1.64 bits per heavy atom. The van der Waals surface area contributed by atoms with Gasteiger partial charge in [-0.2, -0.15) is 0 Å². The van der Waals surface area contributed by atoms with Crippen LogP contribution in [0.1, 0.15) is 20.3 Å². The lowest BCUT2D eigenvalue weighted by molar-refractivity contribution is 0.122. The molecule has 1 rings (SSSR count). The largest absolute Gasteiger partial charge is 0.314 e. The van der Waals surface area contributed by atoms with E-state index < -0.39 is 10.8 Å². The molecule has 0 aromatic carbocycles. The average Bonchev–Trinajstić information content (AvgIpc) is 2.16. The molecule has 1 heterocycles. The maximum atomic E-state index is 11.2. The highest BCUT2D eigenvalue weighted by Crippen LogP contribution is 2.11. The van der Waals surface area contributed by atoms with Gasteiger partial charge in [-0.05, 0) is 13.3 Å². The molecule has 0 radical (unpaired) electrons. The Morgan fingerprint density at radius 2 is 2.36 bits per heavy atom. The Kier molecular flexibility index (Phi) is 5.06. The summed E-state index contributed by atoms with van der Waals surface area (Å²) in [5.41, 5.74) is 0. The van der Waals surface area contributed by atoms with Crippen LogP contribution in [0.4, 0.5) is 0 Å². The van der Waals surface area contributed by atoms with Gasteiger partial charge in [0.2, 0.25) is 0 Å². The molecule has 1 aliphatic rings. The third-order valence-corrected chi connectivity index (χ3v) is 3.86. The van der Waals surface area contributed by atoms with Gasteiger partial charge in [0.1, 0.15) is 0 Å². The van der Waals surface area contributed by atoms with E-state index in [1.165, 1.54) is 6.42 Å². The summed E-state index contributed by atoms with van der Waals surface area (Å²) in [6.45, 7) is 7.65. The van der Waals surface area contributed by atoms with Crippen LogP contribution >= 0.6 is 0 Å². The number of nitrogens with zero attached hydrogens (tertiary/aromatic N) is 1. The van der Waals surface area contributed by atoms with Gasteiger partial charge in [-0.1, -0.05) is 6.92 Å². The molecule has 0 bridgehead atoms. The first-order valence-corrected chi connectivity index (χ1v) is 7.14. The van der Waals surface area contributed by atoms with Crippen LogP contribution in [-0.4, -0.2) is 52.8 Å². The van der Waals surface area contributed by atoms with Crippen molar-refractivity contribution in [1.82, 2.24) is 10.2 Å². The molecule has 0 saturated carbocycles. The maximum absolute atomic E-state index is 11.2. The zero-order valence-corrected chi connectivity index (χ0v) is 10.3. The van der Waals surface area contributed by atoms with Crippen LogP contribution in [-0.2, 0) is 10.8 Å². The summed E-state index contributed by atoms with van der Waals surface area (Å²) in [5, 5.41) is 3.41. The molecular weight excluding hydrogens is 196 g/mol. The van der Waals surface area contributed by atoms with Gasteiger partial charge in [0, 0.05) is 54.5 Å². The highest BCUT2D eigenvalue weighted by molar-refractivity contribution is 7.84. The molecular formula is C10H22N2OS. The maximum Gasteiger partial charge on any atom is 0.0385 e. The molecule has 1 fully saturated rings. The van der Waals surface area contributed by atoms with Crippen LogP contribution in [0.5, 0.6) is 0 Å². The number of piperazine rings is 1. The van der Waals surface area contributed by atoms with Crippen LogP contribution in [0.25, 0.3) is 0 Å². The van der Waals surface area contributed by atoms with Crippen molar-refractivity contribution < 1.29 is 4.21 Å². The molecule has 14 heavy (non-hydrogen) atoms. The monoisotopic (exact) mass is 218 g/mol. The molecule has 3 nitrogen and oxygen atoms in total. The molecule has 0 spiro atoms. The van der Waals surface area contributed by atoms with Crippen molar-refractivity contribution >= 4 is 10.8 Å². The highest BCUT2D eigenvalue weighted by Gasteiger charge is 2.25. The summed E-state index contributed by atoms with van der Waals surface area (Å²) in [6, 6.07) is 1.08. The molecule has 0 aliphatic carbocycles. The second-order valence-corrected chi connectivity index (χ2v) is 5.57. The quantitative estimate of drug-likeness (QED) is 0.743. The van der Waals surface area contributed by atoms with Crippen molar-refractivity contribution in [2.24, 2.45) is 0 Å². The molecule has 3 unspecified atom stereocenters. The van der Waals surface area contributed by atoms with Gasteiger partial charge in [-0.25, -0.2) is 0 Å². The average molecular weight is 218 g/mol. The fraction of sp³-hybridized carbons (Fsp3) is 1.00. The fourth-order valence-corrected chi connectivity index (χ4v) is 3.04. The van der Waals surface area contributed by atoms with E-state index in [0.717, 1.165) is 25.4 Å². The van der Waals surface area contributed by atoms with Gasteiger partial charge in [0.25, 0.3) is 0 Å². The molecule has 84 valence electrons. The normalized spacial score (nSPS) is 28.6. The number of hydrogen-bond donors (Lipinski definition) is 1. The molecule has 0 amide bonds. The van der Waals surface area contributed by atoms with Crippen LogP contribution in [0.15, 0.2) is 0 Å². The molecule has 1 N–H and O–H groups in total. The van der Waals surface area contributed by atoms with Crippen LogP contribution in [0.3, 0.4) is 0 Å². The Morgan fingerprint density at radius 3 is 2.93 bits per heavy atom. The van der Waals surface area contributed by atoms with Crippen molar-refractivity contribution in [3.63, 3.8) is 0 Å². The molecule has 0 aromatic heterocycles. The Bertz CT molecular complexity index is 199. The van der Waals surface area contributed by atoms with Crippen molar-refractivity contribution in [3.05, 3.63) is 0 Å². The summed E-state index contributed by atoms with van der Waals surface area (Å²) in [5.74, 6) is 0.802. The third kappa shape index (κ3) is 3.33. The van der Waals surface area contributed by atoms with Crippen LogP contribution in [0, 0.1) is 0 Å². The van der Waals surface area contributed by atoms with Crippen molar-refractivity contribution in [3.8, 4) is 0 Å². The van der Waals surface area contributed by atoms with Crippen LogP contribution < -0.4 is 5.32 Å². The van der Waals surface area contributed by atoms with Gasteiger partial charge in [0.05, 0.1) is 0 Å². The molecule has 4 heteroatoms. The van der Waals surface area contributed by atoms with Crippen molar-refractivity contribution in [1.29, 1.82) is 0 Å². The lowest BCUT2D eigenvalue weighted by atomic mass is 10.1. The fourth-order valence-electron chi connectivity index (χ4n) is 2.17. The Balaban J connectivity index is 2.49. The smallest absolute Gasteiger partial charge is 0.0385 e. The van der Waals surface area contributed by atoms with Gasteiger partial charge in [-0.3, -0.25) is 9.11 Å². The Labute approximate surface area is 89.7 Å². The summed E-state index contributed by atoms with van der Waals surface area (Å²) in [7, 11) is -0.676. The number of nitrogens with one attached hydrogen (secondary N) is 1. The third-order valence-electron chi connectivity index (χ3n) is 2.91. The number of hydrogen-bond acceptors (Lipinski definition) is 3. The first kappa shape index (κ1) is 12.1. The minimum absolute atomic E-state index is 0.452. The SMILES string of the molecule is CCC1CNCCN1C(C)CS(C)=O. The van der Waals surface area contributed by atoms with E-state index in [9.17, 15) is 4.21 Å². The summed E-state index contributed by atoms with van der Waals surface area (Å²) in [4.78, 5) is 2.50. The predicted molar refractivity (Wildman–Crippen MR) is 62.1 cm³/mol. The topological polar surface area (TPSA) is 32.3 Å². The van der Waals surface area contributed by atoms with E-state index in [2.05, 4.69) is 24.1 Å². The van der Waals surface area contributed by atoms with Gasteiger partial charge in [-0.15, -0.1) is 0 Å². The molecule has 1 aliphatic heterocycles. The second kappa shape index (κ2) is 5.83. The standard InChI is InChI=1S/C10H22N2OS/c1-4-10-7-11-5-6-12(10)9(2)8-14(3)13/h9-11H,4-8H2,1-3H3. The minimum Gasteiger partial charge on any atom is -0.314 e. The van der Waals surface area contributed by atoms with Gasteiger partial charge < -0.3 is 5.32 Å². The number of rotatable bonds is 4. The lowest BCUT2D eigenvalue weighted by Crippen LogP contribution is -2.55. The van der Waals surface area contributed by atoms with E-state index in [1.54, 1.807) is 6.26 Å². The first-order valence-electron chi connectivity index (χ1n) is 5.41. The second-order valence-electron chi connectivity index (χ2n) is 4.09. The minimum atomic E-state index is -0.676. The summed E-state index contributed by atoms with van der Waals surface area (Å²) >= 11 is 0. The van der Waals surface area contributed by atoms with E-state index in [4.69, 9.17) is 0 Å². The van der Waals surface area contributed by atoms with Gasteiger partial charge >= 0.3 is 0 Å². The van der Waals surface area contributed by atoms with Gasteiger partial charge in [0.15, 0.2) is 0 Å². The van der Waals surface area contributed by atoms with E-state index >= 15 is 0 Å². The zero-order valence-electron chi connectivity index (χ0n) is 9.45.